The lowest BCUT2D eigenvalue weighted by Gasteiger charge is -2.25. The number of ether oxygens (including phenoxy) is 3. The Morgan fingerprint density at radius 3 is 2.22 bits per heavy atom. The lowest BCUT2D eigenvalue weighted by molar-refractivity contribution is 0.0981. The lowest BCUT2D eigenvalue weighted by Crippen LogP contribution is -2.39. The highest BCUT2D eigenvalue weighted by Gasteiger charge is 2.25. The van der Waals surface area contributed by atoms with Crippen LogP contribution in [0.2, 0.25) is 0 Å². The van der Waals surface area contributed by atoms with E-state index < -0.39 is 0 Å². The van der Waals surface area contributed by atoms with Crippen molar-refractivity contribution in [1.82, 2.24) is 9.88 Å². The number of fused-ring (bicyclic) bond motifs is 1. The molecule has 8 heteroatoms. The minimum atomic E-state index is -0.160. The average molecular weight is 506 g/mol. The summed E-state index contributed by atoms with van der Waals surface area (Å²) in [5, 5.41) is 0.618. The SMILES string of the molecule is CCN(CC)CCN(C(=O)c1ccccc1Oc1ccccc1)c1nc2cc(OC)c(OC)cc2s1. The largest absolute Gasteiger partial charge is 0.493 e. The summed E-state index contributed by atoms with van der Waals surface area (Å²) < 4.78 is 17.9. The number of nitrogens with zero attached hydrogens (tertiary/aromatic N) is 3. The Bertz CT molecular complexity index is 1260. The third-order valence-electron chi connectivity index (χ3n) is 5.98. The molecule has 1 aromatic heterocycles. The van der Waals surface area contributed by atoms with Gasteiger partial charge in [0.1, 0.15) is 11.5 Å². The molecule has 0 aliphatic heterocycles. The molecule has 0 aliphatic rings. The number of benzene rings is 3. The van der Waals surface area contributed by atoms with E-state index in [0.717, 1.165) is 29.9 Å². The van der Waals surface area contributed by atoms with Gasteiger partial charge in [0.05, 0.1) is 30.0 Å². The number of thiazole rings is 1. The van der Waals surface area contributed by atoms with Crippen molar-refractivity contribution >= 4 is 32.6 Å². The normalized spacial score (nSPS) is 11.0. The first-order chi connectivity index (χ1) is 17.6. The van der Waals surface area contributed by atoms with E-state index in [9.17, 15) is 4.79 Å². The van der Waals surface area contributed by atoms with Crippen LogP contribution in [0.5, 0.6) is 23.0 Å². The molecule has 4 aromatic rings. The lowest BCUT2D eigenvalue weighted by atomic mass is 10.1. The molecule has 3 aromatic carbocycles. The standard InChI is InChI=1S/C28H31N3O4S/c1-5-30(6-2)16-17-31(28-29-22-18-24(33-3)25(34-4)19-26(22)36-28)27(32)21-14-10-11-15-23(21)35-20-12-8-7-9-13-20/h7-15,18-19H,5-6,16-17H2,1-4H3. The monoisotopic (exact) mass is 505 g/mol. The summed E-state index contributed by atoms with van der Waals surface area (Å²) in [6.07, 6.45) is 0. The minimum Gasteiger partial charge on any atom is -0.493 e. The Kier molecular flexibility index (Phi) is 8.40. The van der Waals surface area contributed by atoms with Crippen LogP contribution in [0, 0.1) is 0 Å². The summed E-state index contributed by atoms with van der Waals surface area (Å²) in [6, 6.07) is 20.5. The van der Waals surface area contributed by atoms with Gasteiger partial charge < -0.3 is 19.1 Å². The van der Waals surface area contributed by atoms with E-state index in [1.54, 1.807) is 25.2 Å². The van der Waals surface area contributed by atoms with Gasteiger partial charge in [-0.15, -0.1) is 0 Å². The van der Waals surface area contributed by atoms with E-state index in [2.05, 4.69) is 18.7 Å². The van der Waals surface area contributed by atoms with Crippen LogP contribution < -0.4 is 19.1 Å². The summed E-state index contributed by atoms with van der Waals surface area (Å²) in [5.74, 6) is 2.25. The molecule has 0 saturated heterocycles. The van der Waals surface area contributed by atoms with Gasteiger partial charge in [-0.05, 0) is 37.4 Å². The third-order valence-corrected chi connectivity index (χ3v) is 7.02. The minimum absolute atomic E-state index is 0.160. The van der Waals surface area contributed by atoms with Gasteiger partial charge in [0, 0.05) is 25.2 Å². The smallest absolute Gasteiger partial charge is 0.263 e. The molecule has 188 valence electrons. The zero-order valence-corrected chi connectivity index (χ0v) is 21.9. The molecule has 0 spiro atoms. The molecular formula is C28H31N3O4S. The van der Waals surface area contributed by atoms with Crippen molar-refractivity contribution in [3.63, 3.8) is 0 Å². The predicted octanol–water partition coefficient (Wildman–Crippen LogP) is 6.09. The predicted molar refractivity (Wildman–Crippen MR) is 145 cm³/mol. The molecule has 7 nitrogen and oxygen atoms in total. The number of amides is 1. The fourth-order valence-corrected chi connectivity index (χ4v) is 4.92. The molecule has 0 N–H and O–H groups in total. The number of hydrogen-bond acceptors (Lipinski definition) is 7. The molecule has 0 aliphatic carbocycles. The molecule has 0 unspecified atom stereocenters. The topological polar surface area (TPSA) is 64.1 Å². The number of anilines is 1. The number of methoxy groups -OCH3 is 2. The summed E-state index contributed by atoms with van der Waals surface area (Å²) in [5.41, 5.74) is 1.23. The van der Waals surface area contributed by atoms with Crippen LogP contribution in [0.1, 0.15) is 24.2 Å². The van der Waals surface area contributed by atoms with E-state index in [-0.39, 0.29) is 5.91 Å². The third kappa shape index (κ3) is 5.61. The number of aromatic nitrogens is 1. The van der Waals surface area contributed by atoms with Crippen LogP contribution in [0.3, 0.4) is 0 Å². The highest BCUT2D eigenvalue weighted by atomic mass is 32.1. The second kappa shape index (κ2) is 11.9. The molecule has 36 heavy (non-hydrogen) atoms. The molecule has 0 bridgehead atoms. The van der Waals surface area contributed by atoms with E-state index in [4.69, 9.17) is 19.2 Å². The van der Waals surface area contributed by atoms with Gasteiger partial charge in [0.15, 0.2) is 16.6 Å². The van der Waals surface area contributed by atoms with E-state index >= 15 is 0 Å². The second-order valence-corrected chi connectivity index (χ2v) is 9.08. The van der Waals surface area contributed by atoms with Gasteiger partial charge in [0.2, 0.25) is 0 Å². The van der Waals surface area contributed by atoms with E-state index in [1.807, 2.05) is 60.7 Å². The van der Waals surface area contributed by atoms with Crippen molar-refractivity contribution in [3.05, 3.63) is 72.3 Å². The molecular weight excluding hydrogens is 474 g/mol. The Balaban J connectivity index is 1.73. The van der Waals surface area contributed by atoms with Crippen LogP contribution in [0.15, 0.2) is 66.7 Å². The maximum atomic E-state index is 14.0. The van der Waals surface area contributed by atoms with Gasteiger partial charge in [-0.2, -0.15) is 0 Å². The summed E-state index contributed by atoms with van der Waals surface area (Å²) >= 11 is 1.45. The first-order valence-electron chi connectivity index (χ1n) is 12.0. The zero-order chi connectivity index (χ0) is 25.5. The molecule has 0 radical (unpaired) electrons. The Morgan fingerprint density at radius 2 is 1.53 bits per heavy atom. The van der Waals surface area contributed by atoms with Gasteiger partial charge in [-0.3, -0.25) is 9.69 Å². The molecule has 1 amide bonds. The Hall–Kier alpha value is -3.62. The maximum Gasteiger partial charge on any atom is 0.263 e. The van der Waals surface area contributed by atoms with Crippen LogP contribution in [0.4, 0.5) is 5.13 Å². The second-order valence-electron chi connectivity index (χ2n) is 8.07. The number of likely N-dealkylation sites (N-methyl/N-ethyl adjacent to an activating group) is 1. The van der Waals surface area contributed by atoms with Crippen molar-refractivity contribution in [2.24, 2.45) is 0 Å². The first-order valence-corrected chi connectivity index (χ1v) is 12.8. The average Bonchev–Trinajstić information content (AvgIpc) is 3.33. The van der Waals surface area contributed by atoms with Crippen molar-refractivity contribution < 1.29 is 19.0 Å². The fraction of sp³-hybridized carbons (Fsp3) is 0.286. The molecule has 4 rings (SSSR count). The van der Waals surface area contributed by atoms with Crippen LogP contribution in [-0.2, 0) is 0 Å². The van der Waals surface area contributed by atoms with Crippen molar-refractivity contribution in [3.8, 4) is 23.0 Å². The number of hydrogen-bond donors (Lipinski definition) is 0. The summed E-state index contributed by atoms with van der Waals surface area (Å²) in [6.45, 7) is 7.27. The molecule has 0 fully saturated rings. The summed E-state index contributed by atoms with van der Waals surface area (Å²) in [4.78, 5) is 22.9. The van der Waals surface area contributed by atoms with Gasteiger partial charge in [-0.25, -0.2) is 4.98 Å². The number of para-hydroxylation sites is 2. The number of carbonyl (C=O) groups excluding carboxylic acids is 1. The van der Waals surface area contributed by atoms with Crippen molar-refractivity contribution in [2.45, 2.75) is 13.8 Å². The van der Waals surface area contributed by atoms with Crippen LogP contribution in [0.25, 0.3) is 10.2 Å². The molecule has 1 heterocycles. The van der Waals surface area contributed by atoms with Gasteiger partial charge in [-0.1, -0.05) is 55.5 Å². The quantitative estimate of drug-likeness (QED) is 0.246. The summed E-state index contributed by atoms with van der Waals surface area (Å²) in [7, 11) is 3.20. The first kappa shape index (κ1) is 25.5. The number of rotatable bonds is 11. The Morgan fingerprint density at radius 1 is 0.861 bits per heavy atom. The highest BCUT2D eigenvalue weighted by Crippen LogP contribution is 2.38. The highest BCUT2D eigenvalue weighted by molar-refractivity contribution is 7.22. The van der Waals surface area contributed by atoms with E-state index in [0.29, 0.717) is 40.2 Å². The Labute approximate surface area is 215 Å². The van der Waals surface area contributed by atoms with Crippen LogP contribution in [-0.4, -0.2) is 56.2 Å². The van der Waals surface area contributed by atoms with Crippen LogP contribution >= 0.6 is 11.3 Å². The molecule has 0 saturated carbocycles. The zero-order valence-electron chi connectivity index (χ0n) is 21.1. The fourth-order valence-electron chi connectivity index (χ4n) is 3.92. The van der Waals surface area contributed by atoms with Crippen molar-refractivity contribution in [1.29, 1.82) is 0 Å². The maximum absolute atomic E-state index is 14.0. The van der Waals surface area contributed by atoms with Gasteiger partial charge >= 0.3 is 0 Å². The number of carbonyl (C=O) groups is 1. The van der Waals surface area contributed by atoms with E-state index in [1.165, 1.54) is 11.3 Å². The van der Waals surface area contributed by atoms with Gasteiger partial charge in [0.25, 0.3) is 5.91 Å². The molecule has 0 atom stereocenters. The van der Waals surface area contributed by atoms with Crippen molar-refractivity contribution in [2.75, 3.05) is 45.3 Å².